The highest BCUT2D eigenvalue weighted by atomic mass is 19.4. The maximum absolute atomic E-state index is 12.3. The summed E-state index contributed by atoms with van der Waals surface area (Å²) in [5.41, 5.74) is 1.26. The molecular weight excluding hydrogens is 225 g/mol. The molecule has 3 heteroatoms. The summed E-state index contributed by atoms with van der Waals surface area (Å²) >= 11 is 0. The Morgan fingerprint density at radius 3 is 2.29 bits per heavy atom. The van der Waals surface area contributed by atoms with Crippen molar-refractivity contribution >= 4 is 6.08 Å². The third kappa shape index (κ3) is 4.89. The van der Waals surface area contributed by atoms with Crippen molar-refractivity contribution in [3.05, 3.63) is 53.6 Å². The van der Waals surface area contributed by atoms with Crippen LogP contribution < -0.4 is 0 Å². The lowest BCUT2D eigenvalue weighted by molar-refractivity contribution is -0.137. The molecule has 92 valence electrons. The van der Waals surface area contributed by atoms with E-state index in [-0.39, 0.29) is 0 Å². The van der Waals surface area contributed by atoms with Gasteiger partial charge in [0.1, 0.15) is 0 Å². The molecule has 0 amide bonds. The minimum atomic E-state index is -4.26. The number of hydrogen-bond donors (Lipinski definition) is 0. The van der Waals surface area contributed by atoms with Crippen LogP contribution in [0.25, 0.3) is 6.08 Å². The third-order valence-electron chi connectivity index (χ3n) is 2.29. The second-order valence-corrected chi connectivity index (χ2v) is 4.02. The zero-order chi connectivity index (χ0) is 12.9. The number of hydrogen-bond acceptors (Lipinski definition) is 0. The van der Waals surface area contributed by atoms with Crippen molar-refractivity contribution in [1.29, 1.82) is 0 Å². The van der Waals surface area contributed by atoms with E-state index in [2.05, 4.69) is 6.58 Å². The van der Waals surface area contributed by atoms with Gasteiger partial charge in [0.2, 0.25) is 0 Å². The van der Waals surface area contributed by atoms with Crippen molar-refractivity contribution in [2.45, 2.75) is 25.9 Å². The van der Waals surface area contributed by atoms with Crippen LogP contribution in [0.15, 0.2) is 42.5 Å². The average molecular weight is 240 g/mol. The maximum Gasteiger partial charge on any atom is 0.416 e. The largest absolute Gasteiger partial charge is 0.416 e. The standard InChI is InChI=1S/C14H15F3/c1-11(2)5-3-4-6-12-7-9-13(10-8-12)14(15,16)17/h4,6-10H,1,3,5H2,2H3/b6-4+. The van der Waals surface area contributed by atoms with Gasteiger partial charge in [-0.2, -0.15) is 13.2 Å². The van der Waals surface area contributed by atoms with Crippen molar-refractivity contribution in [1.82, 2.24) is 0 Å². The predicted octanol–water partition coefficient (Wildman–Crippen LogP) is 5.07. The quantitative estimate of drug-likeness (QED) is 0.644. The van der Waals surface area contributed by atoms with Gasteiger partial charge in [0.15, 0.2) is 0 Å². The molecule has 0 saturated carbocycles. The summed E-state index contributed by atoms with van der Waals surface area (Å²) in [4.78, 5) is 0. The molecule has 1 aromatic carbocycles. The average Bonchev–Trinajstić information content (AvgIpc) is 2.23. The maximum atomic E-state index is 12.3. The molecule has 0 nitrogen and oxygen atoms in total. The lowest BCUT2D eigenvalue weighted by atomic mass is 10.1. The zero-order valence-electron chi connectivity index (χ0n) is 9.72. The van der Waals surface area contributed by atoms with E-state index < -0.39 is 11.7 Å². The van der Waals surface area contributed by atoms with Crippen LogP contribution in [0.5, 0.6) is 0 Å². The molecule has 0 aliphatic heterocycles. The smallest absolute Gasteiger partial charge is 0.166 e. The Bertz CT molecular complexity index is 396. The van der Waals surface area contributed by atoms with Crippen LogP contribution in [0.4, 0.5) is 13.2 Å². The van der Waals surface area contributed by atoms with Crippen LogP contribution in [0.1, 0.15) is 30.9 Å². The Morgan fingerprint density at radius 2 is 1.82 bits per heavy atom. The van der Waals surface area contributed by atoms with Crippen LogP contribution in [0.3, 0.4) is 0 Å². The summed E-state index contributed by atoms with van der Waals surface area (Å²) in [5, 5.41) is 0. The normalized spacial score (nSPS) is 12.0. The highest BCUT2D eigenvalue weighted by molar-refractivity contribution is 5.49. The van der Waals surface area contributed by atoms with E-state index in [0.29, 0.717) is 0 Å². The van der Waals surface area contributed by atoms with E-state index in [1.54, 1.807) is 0 Å². The van der Waals surface area contributed by atoms with E-state index in [4.69, 9.17) is 0 Å². The van der Waals surface area contributed by atoms with E-state index >= 15 is 0 Å². The Balaban J connectivity index is 2.60. The molecule has 0 unspecified atom stereocenters. The first-order valence-corrected chi connectivity index (χ1v) is 5.38. The Hall–Kier alpha value is -1.51. The highest BCUT2D eigenvalue weighted by Gasteiger charge is 2.29. The molecule has 0 heterocycles. The van der Waals surface area contributed by atoms with Gasteiger partial charge in [0.25, 0.3) is 0 Å². The predicted molar refractivity (Wildman–Crippen MR) is 64.5 cm³/mol. The molecule has 0 saturated heterocycles. The molecular formula is C14H15F3. The highest BCUT2D eigenvalue weighted by Crippen LogP contribution is 2.29. The fourth-order valence-electron chi connectivity index (χ4n) is 1.33. The minimum absolute atomic E-state index is 0.614. The summed E-state index contributed by atoms with van der Waals surface area (Å²) in [5.74, 6) is 0. The Morgan fingerprint density at radius 1 is 1.24 bits per heavy atom. The second-order valence-electron chi connectivity index (χ2n) is 4.02. The minimum Gasteiger partial charge on any atom is -0.166 e. The van der Waals surface area contributed by atoms with Crippen molar-refractivity contribution < 1.29 is 13.2 Å². The van der Waals surface area contributed by atoms with Crippen LogP contribution in [-0.4, -0.2) is 0 Å². The summed E-state index contributed by atoms with van der Waals surface area (Å²) in [6.07, 6.45) is 1.26. The molecule has 0 spiro atoms. The monoisotopic (exact) mass is 240 g/mol. The van der Waals surface area contributed by atoms with Crippen LogP contribution in [-0.2, 0) is 6.18 Å². The molecule has 0 aromatic heterocycles. The van der Waals surface area contributed by atoms with E-state index in [1.165, 1.54) is 12.1 Å². The van der Waals surface area contributed by atoms with Crippen LogP contribution in [0.2, 0.25) is 0 Å². The summed E-state index contributed by atoms with van der Waals surface area (Å²) in [7, 11) is 0. The van der Waals surface area contributed by atoms with Crippen LogP contribution >= 0.6 is 0 Å². The van der Waals surface area contributed by atoms with Gasteiger partial charge >= 0.3 is 6.18 Å². The molecule has 0 bridgehead atoms. The molecule has 17 heavy (non-hydrogen) atoms. The number of alkyl halides is 3. The van der Waals surface area contributed by atoms with Crippen molar-refractivity contribution in [2.24, 2.45) is 0 Å². The number of halogens is 3. The number of benzene rings is 1. The Kier molecular flexibility index (Phi) is 4.55. The lowest BCUT2D eigenvalue weighted by Crippen LogP contribution is -2.03. The molecule has 0 aliphatic carbocycles. The van der Waals surface area contributed by atoms with E-state index in [0.717, 1.165) is 36.1 Å². The van der Waals surface area contributed by atoms with Gasteiger partial charge in [0.05, 0.1) is 5.56 Å². The van der Waals surface area contributed by atoms with Crippen LogP contribution in [0, 0.1) is 0 Å². The van der Waals surface area contributed by atoms with Gasteiger partial charge in [-0.15, -0.1) is 6.58 Å². The molecule has 0 radical (unpaired) electrons. The van der Waals surface area contributed by atoms with Gasteiger partial charge in [-0.25, -0.2) is 0 Å². The number of rotatable bonds is 4. The van der Waals surface area contributed by atoms with Crippen molar-refractivity contribution in [2.75, 3.05) is 0 Å². The zero-order valence-corrected chi connectivity index (χ0v) is 9.72. The molecule has 0 fully saturated rings. The lowest BCUT2D eigenvalue weighted by Gasteiger charge is -2.05. The van der Waals surface area contributed by atoms with Gasteiger partial charge in [-0.3, -0.25) is 0 Å². The second kappa shape index (κ2) is 5.71. The molecule has 1 aromatic rings. The van der Waals surface area contributed by atoms with E-state index in [1.807, 2.05) is 19.1 Å². The molecule has 0 N–H and O–H groups in total. The van der Waals surface area contributed by atoms with Gasteiger partial charge < -0.3 is 0 Å². The fourth-order valence-corrected chi connectivity index (χ4v) is 1.33. The Labute approximate surface area is 99.5 Å². The summed E-state index contributed by atoms with van der Waals surface area (Å²) in [6, 6.07) is 5.14. The molecule has 1 rings (SSSR count). The van der Waals surface area contributed by atoms with Gasteiger partial charge in [-0.1, -0.05) is 29.9 Å². The SMILES string of the molecule is C=C(C)CC/C=C/c1ccc(C(F)(F)F)cc1. The van der Waals surface area contributed by atoms with Crippen molar-refractivity contribution in [3.8, 4) is 0 Å². The van der Waals surface area contributed by atoms with Crippen molar-refractivity contribution in [3.63, 3.8) is 0 Å². The summed E-state index contributed by atoms with van der Waals surface area (Å²) < 4.78 is 36.9. The summed E-state index contributed by atoms with van der Waals surface area (Å²) in [6.45, 7) is 5.73. The fraction of sp³-hybridized carbons (Fsp3) is 0.286. The topological polar surface area (TPSA) is 0 Å². The molecule has 0 atom stereocenters. The first-order chi connectivity index (χ1) is 7.89. The molecule has 0 aliphatic rings. The van der Waals surface area contributed by atoms with E-state index in [9.17, 15) is 13.2 Å². The van der Waals surface area contributed by atoms with Gasteiger partial charge in [-0.05, 0) is 37.5 Å². The first-order valence-electron chi connectivity index (χ1n) is 5.38. The third-order valence-corrected chi connectivity index (χ3v) is 2.29. The first kappa shape index (κ1) is 13.6. The number of allylic oxidation sites excluding steroid dienone is 2. The van der Waals surface area contributed by atoms with Gasteiger partial charge in [0, 0.05) is 0 Å².